The van der Waals surface area contributed by atoms with Crippen LogP contribution < -0.4 is 5.32 Å². The third-order valence-corrected chi connectivity index (χ3v) is 5.36. The molecule has 0 spiro atoms. The number of pyridine rings is 1. The fraction of sp³-hybridized carbons (Fsp3) is 0.300. The lowest BCUT2D eigenvalue weighted by Gasteiger charge is -2.27. The van der Waals surface area contributed by atoms with Crippen molar-refractivity contribution in [2.24, 2.45) is 7.05 Å². The summed E-state index contributed by atoms with van der Waals surface area (Å²) in [5.74, 6) is 0.840. The van der Waals surface area contributed by atoms with Crippen molar-refractivity contribution in [3.63, 3.8) is 0 Å². The van der Waals surface area contributed by atoms with E-state index in [4.69, 9.17) is 0 Å². The topological polar surface area (TPSA) is 50.2 Å². The first kappa shape index (κ1) is 17.1. The molecule has 1 aliphatic heterocycles. The predicted octanol–water partition coefficient (Wildman–Crippen LogP) is 4.71. The molecule has 3 aromatic rings. The molecule has 0 aliphatic carbocycles. The van der Waals surface area contributed by atoms with E-state index < -0.39 is 0 Å². The molecule has 3 heterocycles. The zero-order valence-corrected chi connectivity index (χ0v) is 16.3. The number of halogens is 1. The van der Waals surface area contributed by atoms with Crippen LogP contribution in [0.15, 0.2) is 47.2 Å². The van der Waals surface area contributed by atoms with Gasteiger partial charge in [0.2, 0.25) is 0 Å². The Hall–Kier alpha value is -2.34. The number of carbonyl (C=O) groups excluding carboxylic acids is 1. The van der Waals surface area contributed by atoms with Crippen molar-refractivity contribution >= 4 is 44.2 Å². The van der Waals surface area contributed by atoms with Crippen molar-refractivity contribution in [1.29, 1.82) is 0 Å². The van der Waals surface area contributed by atoms with E-state index in [1.54, 1.807) is 6.20 Å². The minimum atomic E-state index is 0.0815. The number of rotatable bonds is 3. The highest BCUT2D eigenvalue weighted by atomic mass is 79.9. The third-order valence-electron chi connectivity index (χ3n) is 4.87. The number of carbonyl (C=O) groups is 1. The number of nitrogens with zero attached hydrogens (tertiary/aromatic N) is 3. The first-order chi connectivity index (χ1) is 12.6. The standard InChI is InChI=1S/C20H21BrN4O/c1-24-11-8-16-18(24)17(20(26)25-9-3-2-4-10-25)13-22-19(16)23-15-7-5-6-14(21)12-15/h5-8,11-13H,2-4,9-10H2,1H3,(H,22,23). The molecule has 1 N–H and O–H groups in total. The zero-order valence-electron chi connectivity index (χ0n) is 14.7. The molecule has 5 nitrogen and oxygen atoms in total. The van der Waals surface area contributed by atoms with Crippen molar-refractivity contribution in [3.05, 3.63) is 52.8 Å². The molecule has 0 unspecified atom stereocenters. The maximum atomic E-state index is 13.0. The lowest BCUT2D eigenvalue weighted by Crippen LogP contribution is -2.35. The molecule has 1 aromatic carbocycles. The van der Waals surface area contributed by atoms with Gasteiger partial charge in [-0.1, -0.05) is 22.0 Å². The molecular weight excluding hydrogens is 392 g/mol. The summed E-state index contributed by atoms with van der Waals surface area (Å²) in [6.07, 6.45) is 7.05. The number of piperidine rings is 1. The number of likely N-dealkylation sites (tertiary alicyclic amines) is 1. The number of benzene rings is 1. The van der Waals surface area contributed by atoms with Gasteiger partial charge in [-0.2, -0.15) is 0 Å². The Labute approximate surface area is 161 Å². The minimum Gasteiger partial charge on any atom is -0.350 e. The van der Waals surface area contributed by atoms with E-state index in [9.17, 15) is 4.79 Å². The van der Waals surface area contributed by atoms with Crippen LogP contribution >= 0.6 is 15.9 Å². The minimum absolute atomic E-state index is 0.0815. The van der Waals surface area contributed by atoms with Crippen molar-refractivity contribution < 1.29 is 4.79 Å². The summed E-state index contributed by atoms with van der Waals surface area (Å²) in [7, 11) is 1.97. The fourth-order valence-electron chi connectivity index (χ4n) is 3.54. The molecule has 2 aromatic heterocycles. The molecule has 26 heavy (non-hydrogen) atoms. The Kier molecular flexibility index (Phi) is 4.68. The molecule has 1 saturated heterocycles. The maximum Gasteiger partial charge on any atom is 0.257 e. The Bertz CT molecular complexity index is 960. The average Bonchev–Trinajstić information content (AvgIpc) is 3.05. The summed E-state index contributed by atoms with van der Waals surface area (Å²) in [5.41, 5.74) is 2.55. The van der Waals surface area contributed by atoms with Crippen LogP contribution in [0.3, 0.4) is 0 Å². The molecule has 6 heteroatoms. The van der Waals surface area contributed by atoms with Crippen LogP contribution in [0.2, 0.25) is 0 Å². The first-order valence-corrected chi connectivity index (χ1v) is 9.69. The summed E-state index contributed by atoms with van der Waals surface area (Å²) in [6, 6.07) is 9.97. The Morgan fingerprint density at radius 3 is 2.77 bits per heavy atom. The molecular formula is C20H21BrN4O. The smallest absolute Gasteiger partial charge is 0.257 e. The molecule has 1 aliphatic rings. The van der Waals surface area contributed by atoms with Gasteiger partial charge >= 0.3 is 0 Å². The summed E-state index contributed by atoms with van der Waals surface area (Å²) in [6.45, 7) is 1.67. The van der Waals surface area contributed by atoms with Gasteiger partial charge in [0.1, 0.15) is 5.82 Å². The predicted molar refractivity (Wildman–Crippen MR) is 108 cm³/mol. The largest absolute Gasteiger partial charge is 0.350 e. The molecule has 0 atom stereocenters. The van der Waals surface area contributed by atoms with Crippen LogP contribution in [0.4, 0.5) is 11.5 Å². The molecule has 0 radical (unpaired) electrons. The highest BCUT2D eigenvalue weighted by Crippen LogP contribution is 2.29. The summed E-state index contributed by atoms with van der Waals surface area (Å²) in [4.78, 5) is 19.6. The van der Waals surface area contributed by atoms with E-state index in [1.165, 1.54) is 6.42 Å². The molecule has 4 rings (SSSR count). The highest BCUT2D eigenvalue weighted by Gasteiger charge is 2.23. The van der Waals surface area contributed by atoms with Crippen molar-refractivity contribution in [2.45, 2.75) is 19.3 Å². The number of nitrogens with one attached hydrogen (secondary N) is 1. The zero-order chi connectivity index (χ0) is 18.1. The normalized spacial score (nSPS) is 14.6. The number of hydrogen-bond donors (Lipinski definition) is 1. The maximum absolute atomic E-state index is 13.0. The van der Waals surface area contributed by atoms with Gasteiger partial charge in [-0.25, -0.2) is 4.98 Å². The van der Waals surface area contributed by atoms with Crippen LogP contribution in [0.5, 0.6) is 0 Å². The van der Waals surface area contributed by atoms with Crippen LogP contribution in [0.1, 0.15) is 29.6 Å². The molecule has 1 fully saturated rings. The van der Waals surface area contributed by atoms with Crippen LogP contribution in [0, 0.1) is 0 Å². The Morgan fingerprint density at radius 1 is 1.19 bits per heavy atom. The van der Waals surface area contributed by atoms with Gasteiger partial charge in [-0.05, 0) is 43.5 Å². The number of amides is 1. The van der Waals surface area contributed by atoms with Crippen LogP contribution in [0.25, 0.3) is 10.9 Å². The monoisotopic (exact) mass is 412 g/mol. The van der Waals surface area contributed by atoms with E-state index >= 15 is 0 Å². The summed E-state index contributed by atoms with van der Waals surface area (Å²) >= 11 is 3.49. The second-order valence-electron chi connectivity index (χ2n) is 6.70. The number of aromatic nitrogens is 2. The second kappa shape index (κ2) is 7.11. The SMILES string of the molecule is Cn1ccc2c(Nc3cccc(Br)c3)ncc(C(=O)N3CCCCC3)c21. The highest BCUT2D eigenvalue weighted by molar-refractivity contribution is 9.10. The molecule has 1 amide bonds. The van der Waals surface area contributed by atoms with E-state index in [-0.39, 0.29) is 5.91 Å². The third kappa shape index (κ3) is 3.21. The number of hydrogen-bond acceptors (Lipinski definition) is 3. The number of anilines is 2. The van der Waals surface area contributed by atoms with E-state index in [2.05, 4.69) is 26.2 Å². The van der Waals surface area contributed by atoms with E-state index in [0.717, 1.165) is 52.8 Å². The van der Waals surface area contributed by atoms with Gasteiger partial charge in [0, 0.05) is 48.1 Å². The van der Waals surface area contributed by atoms with E-state index in [1.807, 2.05) is 53.0 Å². The number of fused-ring (bicyclic) bond motifs is 1. The van der Waals surface area contributed by atoms with Crippen molar-refractivity contribution in [2.75, 3.05) is 18.4 Å². The fourth-order valence-corrected chi connectivity index (χ4v) is 3.94. The molecule has 134 valence electrons. The lowest BCUT2D eigenvalue weighted by atomic mass is 10.1. The second-order valence-corrected chi connectivity index (χ2v) is 7.61. The Balaban J connectivity index is 1.73. The van der Waals surface area contributed by atoms with Crippen LogP contribution in [-0.4, -0.2) is 33.4 Å². The van der Waals surface area contributed by atoms with Gasteiger partial charge in [-0.3, -0.25) is 4.79 Å². The average molecular weight is 413 g/mol. The van der Waals surface area contributed by atoms with Gasteiger partial charge in [0.25, 0.3) is 5.91 Å². The molecule has 0 bridgehead atoms. The van der Waals surface area contributed by atoms with Crippen LogP contribution in [-0.2, 0) is 7.05 Å². The number of aryl methyl sites for hydroxylation is 1. The van der Waals surface area contributed by atoms with Gasteiger partial charge in [0.15, 0.2) is 0 Å². The lowest BCUT2D eigenvalue weighted by molar-refractivity contribution is 0.0725. The van der Waals surface area contributed by atoms with Crippen molar-refractivity contribution in [1.82, 2.24) is 14.5 Å². The Morgan fingerprint density at radius 2 is 2.00 bits per heavy atom. The van der Waals surface area contributed by atoms with Gasteiger partial charge in [0.05, 0.1) is 11.1 Å². The summed E-state index contributed by atoms with van der Waals surface area (Å²) < 4.78 is 3.00. The quantitative estimate of drug-likeness (QED) is 0.677. The van der Waals surface area contributed by atoms with E-state index in [0.29, 0.717) is 5.56 Å². The van der Waals surface area contributed by atoms with Crippen molar-refractivity contribution in [3.8, 4) is 0 Å². The first-order valence-electron chi connectivity index (χ1n) is 8.89. The summed E-state index contributed by atoms with van der Waals surface area (Å²) in [5, 5.41) is 4.32. The van der Waals surface area contributed by atoms with Gasteiger partial charge in [-0.15, -0.1) is 0 Å². The van der Waals surface area contributed by atoms with Gasteiger partial charge < -0.3 is 14.8 Å². The molecule has 0 saturated carbocycles.